The van der Waals surface area contributed by atoms with Crippen LogP contribution in [0.4, 0.5) is 0 Å². The van der Waals surface area contributed by atoms with Gasteiger partial charge in [0.2, 0.25) is 0 Å². The van der Waals surface area contributed by atoms with E-state index in [1.165, 1.54) is 89.8 Å². The van der Waals surface area contributed by atoms with Gasteiger partial charge in [-0.3, -0.25) is 5.26 Å². The highest BCUT2D eigenvalue weighted by Gasteiger charge is 2.22. The van der Waals surface area contributed by atoms with Crippen LogP contribution in [0.1, 0.15) is 84.0 Å². The van der Waals surface area contributed by atoms with Gasteiger partial charge in [0.15, 0.2) is 0 Å². The lowest BCUT2D eigenvalue weighted by atomic mass is 9.95. The molecule has 1 saturated heterocycles. The van der Waals surface area contributed by atoms with E-state index in [-0.39, 0.29) is 17.0 Å². The Kier molecular flexibility index (Phi) is 19.2. The molecule has 0 aromatic carbocycles. The van der Waals surface area contributed by atoms with Gasteiger partial charge in [0.1, 0.15) is 0 Å². The van der Waals surface area contributed by atoms with Crippen LogP contribution < -0.4 is 5.32 Å². The summed E-state index contributed by atoms with van der Waals surface area (Å²) in [6.45, 7) is 5.13. The number of hydrogen-bond acceptors (Lipinski definition) is 3. The second-order valence-electron chi connectivity index (χ2n) is 7.13. The van der Waals surface area contributed by atoms with Gasteiger partial charge in [-0.2, -0.15) is 0 Å². The van der Waals surface area contributed by atoms with E-state index in [1.54, 1.807) is 0 Å². The zero-order chi connectivity index (χ0) is 16.6. The van der Waals surface area contributed by atoms with Crippen molar-refractivity contribution >= 4 is 25.6 Å². The molecule has 0 aromatic heterocycles. The third-order valence-corrected chi connectivity index (χ3v) is 7.03. The summed E-state index contributed by atoms with van der Waals surface area (Å²) in [5.41, 5.74) is 0.754. The molecule has 0 aromatic rings. The molecule has 0 amide bonds. The zero-order valence-electron chi connectivity index (χ0n) is 15.7. The van der Waals surface area contributed by atoms with Crippen LogP contribution in [0.2, 0.25) is 0 Å². The lowest BCUT2D eigenvalue weighted by Gasteiger charge is -2.28. The molecule has 1 rings (SSSR count). The molecular weight excluding hydrogens is 385 g/mol. The summed E-state index contributed by atoms with van der Waals surface area (Å²) in [7, 11) is 1.05. The van der Waals surface area contributed by atoms with Gasteiger partial charge < -0.3 is 5.32 Å². The van der Waals surface area contributed by atoms with Crippen LogP contribution in [0.15, 0.2) is 0 Å². The van der Waals surface area contributed by atoms with E-state index in [0.29, 0.717) is 12.5 Å². The number of hydrogen-bond donors (Lipinski definition) is 2. The van der Waals surface area contributed by atoms with Crippen LogP contribution in [0.25, 0.3) is 0 Å². The van der Waals surface area contributed by atoms with Crippen molar-refractivity contribution < 1.29 is 10.1 Å². The Balaban J connectivity index is 0.00000529. The van der Waals surface area contributed by atoms with E-state index in [2.05, 4.69) is 17.1 Å². The summed E-state index contributed by atoms with van der Waals surface area (Å²) in [6, 6.07) is 0. The minimum atomic E-state index is 0. The van der Waals surface area contributed by atoms with Crippen molar-refractivity contribution in [2.45, 2.75) is 89.6 Å². The van der Waals surface area contributed by atoms with Gasteiger partial charge >= 0.3 is 0 Å². The van der Waals surface area contributed by atoms with Gasteiger partial charge in [0.25, 0.3) is 0 Å². The number of halogens is 1. The third kappa shape index (κ3) is 13.1. The number of rotatable bonds is 13. The molecule has 146 valence electrons. The Morgan fingerprint density at radius 2 is 1.71 bits per heavy atom. The largest absolute Gasteiger partial charge is 0.317 e. The molecule has 1 aliphatic rings. The zero-order valence-corrected chi connectivity index (χ0v) is 18.4. The summed E-state index contributed by atoms with van der Waals surface area (Å²) in [5, 5.41) is 12.4. The second-order valence-corrected chi connectivity index (χ2v) is 8.78. The summed E-state index contributed by atoms with van der Waals surface area (Å²) < 4.78 is 0. The Morgan fingerprint density at radius 3 is 2.38 bits per heavy atom. The first-order valence-corrected chi connectivity index (χ1v) is 11.4. The molecule has 3 nitrogen and oxygen atoms in total. The van der Waals surface area contributed by atoms with Gasteiger partial charge in [-0.05, 0) is 50.1 Å². The number of nitrogens with one attached hydrogen (secondary N) is 1. The predicted octanol–water partition coefficient (Wildman–Crippen LogP) is 6.02. The lowest BCUT2D eigenvalue weighted by Crippen LogP contribution is -2.29. The van der Waals surface area contributed by atoms with Crippen molar-refractivity contribution in [2.24, 2.45) is 5.92 Å². The third-order valence-electron chi connectivity index (χ3n) is 5.11. The van der Waals surface area contributed by atoms with Crippen LogP contribution >= 0.6 is 25.6 Å². The second kappa shape index (κ2) is 18.6. The van der Waals surface area contributed by atoms with Gasteiger partial charge in [0.05, 0.1) is 6.61 Å². The highest BCUT2D eigenvalue weighted by Crippen LogP contribution is 2.33. The van der Waals surface area contributed by atoms with Crippen LogP contribution in [0.3, 0.4) is 0 Å². The van der Waals surface area contributed by atoms with Gasteiger partial charge in [-0.1, -0.05) is 64.7 Å². The maximum atomic E-state index is 8.92. The molecule has 0 saturated carbocycles. The monoisotopic (exact) mass is 425 g/mol. The fourth-order valence-electron chi connectivity index (χ4n) is 3.60. The first-order chi connectivity index (χ1) is 11.4. The van der Waals surface area contributed by atoms with Gasteiger partial charge in [-0.25, -0.2) is 4.89 Å². The molecule has 3 atom stereocenters. The molecule has 0 aliphatic carbocycles. The van der Waals surface area contributed by atoms with Crippen LogP contribution in [-0.4, -0.2) is 36.8 Å². The maximum absolute atomic E-state index is 8.92. The normalized spacial score (nSPS) is 21.0. The molecule has 2 N–H and O–H groups in total. The average molecular weight is 426 g/mol. The SMILES string of the molecule is Br.CCCCCCCCCCCC(COO)C1CCNCCCP1. The van der Waals surface area contributed by atoms with E-state index < -0.39 is 0 Å². The minimum absolute atomic E-state index is 0. The molecule has 5 heteroatoms. The van der Waals surface area contributed by atoms with Crippen molar-refractivity contribution in [3.63, 3.8) is 0 Å². The first kappa shape index (κ1) is 24.8. The van der Waals surface area contributed by atoms with E-state index in [0.717, 1.165) is 20.8 Å². The summed E-state index contributed by atoms with van der Waals surface area (Å²) in [4.78, 5) is 4.55. The Labute approximate surface area is 162 Å². The van der Waals surface area contributed by atoms with Gasteiger partial charge in [0, 0.05) is 0 Å². The Hall–Kier alpha value is 0.790. The van der Waals surface area contributed by atoms with Crippen molar-refractivity contribution in [2.75, 3.05) is 25.9 Å². The van der Waals surface area contributed by atoms with Crippen molar-refractivity contribution in [3.8, 4) is 0 Å². The molecule has 0 spiro atoms. The Morgan fingerprint density at radius 1 is 1.04 bits per heavy atom. The smallest absolute Gasteiger partial charge is 0.0853 e. The fourth-order valence-corrected chi connectivity index (χ4v) is 5.30. The fraction of sp³-hybridized carbons (Fsp3) is 1.00. The molecule has 1 aliphatic heterocycles. The first-order valence-electron chi connectivity index (χ1n) is 10.1. The lowest BCUT2D eigenvalue weighted by molar-refractivity contribution is -0.251. The van der Waals surface area contributed by atoms with E-state index in [4.69, 9.17) is 5.26 Å². The van der Waals surface area contributed by atoms with Crippen LogP contribution in [0.5, 0.6) is 0 Å². The van der Waals surface area contributed by atoms with Crippen LogP contribution in [0, 0.1) is 5.92 Å². The maximum Gasteiger partial charge on any atom is 0.0853 e. The molecule has 0 bridgehead atoms. The van der Waals surface area contributed by atoms with E-state index in [1.807, 2.05) is 0 Å². The topological polar surface area (TPSA) is 41.5 Å². The highest BCUT2D eigenvalue weighted by molar-refractivity contribution is 8.93. The highest BCUT2D eigenvalue weighted by atomic mass is 79.9. The molecule has 24 heavy (non-hydrogen) atoms. The molecular formula is C19H41BrNO2P. The van der Waals surface area contributed by atoms with Crippen molar-refractivity contribution in [1.29, 1.82) is 0 Å². The van der Waals surface area contributed by atoms with E-state index in [9.17, 15) is 0 Å². The summed E-state index contributed by atoms with van der Waals surface area (Å²) in [6.07, 6.45) is 17.6. The van der Waals surface area contributed by atoms with Crippen molar-refractivity contribution in [3.05, 3.63) is 0 Å². The molecule has 1 heterocycles. The summed E-state index contributed by atoms with van der Waals surface area (Å²) in [5.74, 6) is 0.558. The Bertz CT molecular complexity index is 252. The molecule has 1 fully saturated rings. The quantitative estimate of drug-likeness (QED) is 0.164. The minimum Gasteiger partial charge on any atom is -0.317 e. The van der Waals surface area contributed by atoms with Crippen molar-refractivity contribution in [1.82, 2.24) is 5.32 Å². The molecule has 0 radical (unpaired) electrons. The molecule has 3 unspecified atom stereocenters. The van der Waals surface area contributed by atoms with Gasteiger partial charge in [-0.15, -0.1) is 25.6 Å². The van der Waals surface area contributed by atoms with Crippen LogP contribution in [-0.2, 0) is 4.89 Å². The van der Waals surface area contributed by atoms with E-state index >= 15 is 0 Å². The summed E-state index contributed by atoms with van der Waals surface area (Å²) >= 11 is 0. The predicted molar refractivity (Wildman–Crippen MR) is 113 cm³/mol. The number of unbranched alkanes of at least 4 members (excludes halogenated alkanes) is 8. The standard InChI is InChI=1S/C19H40NO2P.BrH/c1-2-3-4-5-6-7-8-9-10-12-18(17-22-21)19-13-15-20-14-11-16-23-19;/h18-21,23H,2-17H2,1H3;1H. The average Bonchev–Trinajstić information content (AvgIpc) is 2.52.